The summed E-state index contributed by atoms with van der Waals surface area (Å²) in [6.45, 7) is 5.52. The summed E-state index contributed by atoms with van der Waals surface area (Å²) in [5, 5.41) is 0.237. The Morgan fingerprint density at radius 2 is 2.03 bits per heavy atom. The van der Waals surface area contributed by atoms with Gasteiger partial charge >= 0.3 is 6.16 Å². The summed E-state index contributed by atoms with van der Waals surface area (Å²) in [6.07, 6.45) is 2.73. The Bertz CT molecular complexity index is 1500. The van der Waals surface area contributed by atoms with Crippen molar-refractivity contribution in [1.82, 2.24) is 14.4 Å². The van der Waals surface area contributed by atoms with Crippen LogP contribution in [-0.2, 0) is 14.3 Å². The molecule has 1 aliphatic heterocycles. The molecule has 2 aliphatic rings. The quantitative estimate of drug-likeness (QED) is 0.375. The van der Waals surface area contributed by atoms with Gasteiger partial charge in [0.1, 0.15) is 28.2 Å². The Hall–Kier alpha value is -3.38. The van der Waals surface area contributed by atoms with Gasteiger partial charge in [-0.15, -0.1) is 0 Å². The van der Waals surface area contributed by atoms with Crippen molar-refractivity contribution in [2.24, 2.45) is 5.92 Å². The molecular weight excluding hydrogens is 491 g/mol. The van der Waals surface area contributed by atoms with E-state index >= 15 is 4.39 Å². The maximum absolute atomic E-state index is 15.4. The van der Waals surface area contributed by atoms with E-state index < -0.39 is 28.6 Å². The number of nitrogens with one attached hydrogen (secondary N) is 2. The van der Waals surface area contributed by atoms with Gasteiger partial charge in [0.2, 0.25) is 5.43 Å². The number of hydroxylamine groups is 1. The highest BCUT2D eigenvalue weighted by Gasteiger charge is 2.32. The van der Waals surface area contributed by atoms with Gasteiger partial charge in [-0.25, -0.2) is 9.18 Å². The van der Waals surface area contributed by atoms with E-state index in [0.717, 1.165) is 24.4 Å². The lowest BCUT2D eigenvalue weighted by Gasteiger charge is -2.22. The first-order chi connectivity index (χ1) is 17.1. The fraction of sp³-hybridized carbons (Fsp3) is 0.458. The van der Waals surface area contributed by atoms with Crippen LogP contribution in [0.4, 0.5) is 14.9 Å². The minimum absolute atomic E-state index is 0.00643. The van der Waals surface area contributed by atoms with E-state index in [0.29, 0.717) is 22.6 Å². The van der Waals surface area contributed by atoms with Gasteiger partial charge < -0.3 is 18.9 Å². The first-order valence-corrected chi connectivity index (χ1v) is 12.4. The third kappa shape index (κ3) is 4.46. The van der Waals surface area contributed by atoms with Crippen molar-refractivity contribution in [3.63, 3.8) is 0 Å². The summed E-state index contributed by atoms with van der Waals surface area (Å²) >= 11 is 1.12. The lowest BCUT2D eigenvalue weighted by atomic mass is 10.1. The smallest absolute Gasteiger partial charge is 0.433 e. The molecule has 3 aromatic rings. The summed E-state index contributed by atoms with van der Waals surface area (Å²) < 4.78 is 30.5. The Labute approximate surface area is 209 Å². The number of aromatic nitrogens is 2. The van der Waals surface area contributed by atoms with Gasteiger partial charge in [0.25, 0.3) is 5.56 Å². The zero-order valence-corrected chi connectivity index (χ0v) is 21.2. The number of nitrogens with zero attached hydrogens (tertiary/aromatic N) is 2. The van der Waals surface area contributed by atoms with Crippen LogP contribution < -0.4 is 21.4 Å². The fourth-order valence-corrected chi connectivity index (χ4v) is 5.33. The molecular formula is C24H27FN4O6S. The molecule has 1 aromatic carbocycles. The summed E-state index contributed by atoms with van der Waals surface area (Å²) in [5.74, 6) is -0.940. The minimum atomic E-state index is -0.794. The molecule has 1 unspecified atom stereocenters. The number of halogens is 1. The largest absolute Gasteiger partial charge is 0.508 e. The predicted molar refractivity (Wildman–Crippen MR) is 134 cm³/mol. The van der Waals surface area contributed by atoms with Gasteiger partial charge in [-0.1, -0.05) is 0 Å². The van der Waals surface area contributed by atoms with Crippen LogP contribution in [0.3, 0.4) is 0 Å². The number of hydrogen-bond acceptors (Lipinski definition) is 9. The van der Waals surface area contributed by atoms with E-state index in [1.807, 2.05) is 4.57 Å². The lowest BCUT2D eigenvalue weighted by molar-refractivity contribution is -0.0122. The standard InChI is InChI=1S/C24H27FN4O6S/c1-24(2,3)35-23(32)34-11-12-9-28(10-16(12)26-33-4)18-8-17-14(7-15(18)25)20(30)19-21(31)27-36-22(19)29(17)13-5-6-13/h7-8,10,12-13,26H,5-6,9,11H2,1-4H3,(H,27,31). The topological polar surface area (TPSA) is 115 Å². The molecule has 5 rings (SSSR count). The Morgan fingerprint density at radius 3 is 2.69 bits per heavy atom. The normalized spacial score (nSPS) is 18.1. The van der Waals surface area contributed by atoms with Gasteiger partial charge in [0, 0.05) is 24.2 Å². The highest BCUT2D eigenvalue weighted by Crippen LogP contribution is 2.41. The molecule has 3 heterocycles. The first-order valence-electron chi connectivity index (χ1n) is 11.6. The van der Waals surface area contributed by atoms with Gasteiger partial charge in [-0.2, -0.15) is 0 Å². The maximum atomic E-state index is 15.4. The van der Waals surface area contributed by atoms with Crippen LogP contribution in [0.2, 0.25) is 0 Å². The minimum Gasteiger partial charge on any atom is -0.433 e. The number of fused-ring (bicyclic) bond motifs is 2. The molecule has 0 radical (unpaired) electrons. The summed E-state index contributed by atoms with van der Waals surface area (Å²) in [5.41, 5.74) is 2.58. The summed E-state index contributed by atoms with van der Waals surface area (Å²) in [7, 11) is 1.45. The molecule has 1 atom stereocenters. The number of anilines is 1. The van der Waals surface area contributed by atoms with Crippen molar-refractivity contribution in [2.45, 2.75) is 45.3 Å². The number of pyridine rings is 1. The van der Waals surface area contributed by atoms with Crippen LogP contribution in [0.5, 0.6) is 0 Å². The average molecular weight is 519 g/mol. The molecule has 10 nitrogen and oxygen atoms in total. The zero-order valence-electron chi connectivity index (χ0n) is 20.3. The number of benzene rings is 1. The number of carbonyl (C=O) groups excluding carboxylic acids is 1. The van der Waals surface area contributed by atoms with Crippen LogP contribution in [-0.4, -0.2) is 41.0 Å². The molecule has 0 amide bonds. The van der Waals surface area contributed by atoms with Gasteiger partial charge in [-0.3, -0.25) is 24.3 Å². The van der Waals surface area contributed by atoms with Crippen molar-refractivity contribution in [3.05, 3.63) is 50.4 Å². The van der Waals surface area contributed by atoms with E-state index in [2.05, 4.69) is 9.85 Å². The molecule has 0 spiro atoms. The highest BCUT2D eigenvalue weighted by molar-refractivity contribution is 7.12. The molecule has 0 bridgehead atoms. The summed E-state index contributed by atoms with van der Waals surface area (Å²) in [6, 6.07) is 2.99. The maximum Gasteiger partial charge on any atom is 0.508 e. The molecule has 1 saturated carbocycles. The predicted octanol–water partition coefficient (Wildman–Crippen LogP) is 3.76. The van der Waals surface area contributed by atoms with Crippen molar-refractivity contribution >= 4 is 44.5 Å². The highest BCUT2D eigenvalue weighted by atomic mass is 32.1. The van der Waals surface area contributed by atoms with Crippen LogP contribution in [0.25, 0.3) is 21.1 Å². The van der Waals surface area contributed by atoms with E-state index in [1.165, 1.54) is 13.2 Å². The van der Waals surface area contributed by atoms with Crippen LogP contribution in [0, 0.1) is 11.7 Å². The van der Waals surface area contributed by atoms with Gasteiger partial charge in [-0.05, 0) is 57.3 Å². The fourth-order valence-electron chi connectivity index (χ4n) is 4.40. The summed E-state index contributed by atoms with van der Waals surface area (Å²) in [4.78, 5) is 44.7. The SMILES string of the molecule is CONC1=CN(c2cc3c(cc2F)c(=O)c2c(=O)[nH]sc2n3C2CC2)CC1COC(=O)OC(C)(C)C. The van der Waals surface area contributed by atoms with E-state index in [-0.39, 0.29) is 35.0 Å². The van der Waals surface area contributed by atoms with Crippen molar-refractivity contribution in [3.8, 4) is 0 Å². The third-order valence-electron chi connectivity index (χ3n) is 6.08. The second-order valence-electron chi connectivity index (χ2n) is 9.98. The van der Waals surface area contributed by atoms with Crippen molar-refractivity contribution < 1.29 is 23.5 Å². The Kier molecular flexibility index (Phi) is 6.03. The third-order valence-corrected chi connectivity index (χ3v) is 6.96. The van der Waals surface area contributed by atoms with Gasteiger partial charge in [0.05, 0.1) is 29.9 Å². The second kappa shape index (κ2) is 8.93. The number of rotatable bonds is 6. The number of ether oxygens (including phenoxy) is 2. The molecule has 2 aromatic heterocycles. The first kappa shape index (κ1) is 24.3. The molecule has 12 heteroatoms. The van der Waals surface area contributed by atoms with Crippen molar-refractivity contribution in [2.75, 3.05) is 25.2 Å². The van der Waals surface area contributed by atoms with Gasteiger partial charge in [0.15, 0.2) is 0 Å². The second-order valence-corrected chi connectivity index (χ2v) is 10.8. The molecule has 1 aliphatic carbocycles. The monoisotopic (exact) mass is 518 g/mol. The van der Waals surface area contributed by atoms with Crippen LogP contribution in [0.1, 0.15) is 39.7 Å². The molecule has 1 fully saturated rings. The number of aromatic amines is 1. The van der Waals surface area contributed by atoms with Crippen LogP contribution in [0.15, 0.2) is 33.6 Å². The molecule has 2 N–H and O–H groups in total. The number of carbonyl (C=O) groups is 1. The van der Waals surface area contributed by atoms with E-state index in [1.54, 1.807) is 37.9 Å². The average Bonchev–Trinajstić information content (AvgIpc) is 3.44. The van der Waals surface area contributed by atoms with Crippen LogP contribution >= 0.6 is 11.5 Å². The number of H-pyrrole nitrogens is 1. The Morgan fingerprint density at radius 1 is 1.28 bits per heavy atom. The van der Waals surface area contributed by atoms with E-state index in [4.69, 9.17) is 14.3 Å². The van der Waals surface area contributed by atoms with Crippen molar-refractivity contribution in [1.29, 1.82) is 0 Å². The van der Waals surface area contributed by atoms with E-state index in [9.17, 15) is 14.4 Å². The molecule has 192 valence electrons. The molecule has 0 saturated heterocycles. The zero-order chi connectivity index (χ0) is 25.8. The molecule has 36 heavy (non-hydrogen) atoms. The number of hydrogen-bond donors (Lipinski definition) is 2. The lowest BCUT2D eigenvalue weighted by Crippen LogP contribution is -2.29. The Balaban J connectivity index is 1.51.